The van der Waals surface area contributed by atoms with Crippen LogP contribution in [0.3, 0.4) is 0 Å². The van der Waals surface area contributed by atoms with Crippen LogP contribution in [0.5, 0.6) is 5.75 Å². The molecule has 5 rings (SSSR count). The number of anilines is 2. The quantitative estimate of drug-likeness (QED) is 0.533. The van der Waals surface area contributed by atoms with Gasteiger partial charge in [0.1, 0.15) is 24.5 Å². The van der Waals surface area contributed by atoms with Gasteiger partial charge in [-0.25, -0.2) is 9.97 Å². The number of H-pyrrole nitrogens is 1. The number of ether oxygens (including phenoxy) is 1. The second kappa shape index (κ2) is 10.6. The fourth-order valence-electron chi connectivity index (χ4n) is 5.03. The summed E-state index contributed by atoms with van der Waals surface area (Å²) in [5.74, 6) is 1.85. The summed E-state index contributed by atoms with van der Waals surface area (Å²) >= 11 is 6.54. The number of benzene rings is 1. The highest BCUT2D eigenvalue weighted by Crippen LogP contribution is 2.34. The van der Waals surface area contributed by atoms with Gasteiger partial charge in [-0.3, -0.25) is 10.00 Å². The first-order valence-corrected chi connectivity index (χ1v) is 12.9. The Morgan fingerprint density at radius 2 is 1.74 bits per heavy atom. The van der Waals surface area contributed by atoms with E-state index in [0.717, 1.165) is 105 Å². The lowest BCUT2D eigenvalue weighted by atomic mass is 10.1. The Morgan fingerprint density at radius 1 is 1.00 bits per heavy atom. The zero-order valence-electron chi connectivity index (χ0n) is 20.9. The third-order valence-corrected chi connectivity index (χ3v) is 7.44. The first kappa shape index (κ1) is 24.1. The number of hydrogen-bond donors (Lipinski definition) is 1. The minimum atomic E-state index is 0.673. The number of rotatable bonds is 7. The van der Waals surface area contributed by atoms with Gasteiger partial charge in [0.05, 0.1) is 11.1 Å². The van der Waals surface area contributed by atoms with E-state index in [2.05, 4.69) is 66.7 Å². The largest absolute Gasteiger partial charge is 0.492 e. The van der Waals surface area contributed by atoms with E-state index in [1.807, 2.05) is 6.07 Å². The smallest absolute Gasteiger partial charge is 0.160 e. The van der Waals surface area contributed by atoms with E-state index in [0.29, 0.717) is 11.6 Å². The Kier molecular flexibility index (Phi) is 7.27. The molecule has 4 heterocycles. The van der Waals surface area contributed by atoms with Crippen molar-refractivity contribution in [2.45, 2.75) is 20.3 Å². The first-order chi connectivity index (χ1) is 17.0. The number of aromatic nitrogens is 4. The summed E-state index contributed by atoms with van der Waals surface area (Å²) < 4.78 is 6.23. The Hall–Kier alpha value is -2.62. The summed E-state index contributed by atoms with van der Waals surface area (Å²) in [7, 11) is 2.18. The molecule has 0 aliphatic carbocycles. The summed E-state index contributed by atoms with van der Waals surface area (Å²) in [6.45, 7) is 13.8. The lowest BCUT2D eigenvalue weighted by Gasteiger charge is -2.38. The Labute approximate surface area is 212 Å². The summed E-state index contributed by atoms with van der Waals surface area (Å²) in [6, 6.07) is 4.01. The molecule has 0 amide bonds. The van der Waals surface area contributed by atoms with Crippen molar-refractivity contribution in [3.05, 3.63) is 34.7 Å². The maximum absolute atomic E-state index is 6.54. The molecule has 0 saturated carbocycles. The fourth-order valence-corrected chi connectivity index (χ4v) is 5.24. The van der Waals surface area contributed by atoms with Crippen LogP contribution in [0.15, 0.2) is 18.5 Å². The average molecular weight is 499 g/mol. The van der Waals surface area contributed by atoms with Crippen molar-refractivity contribution in [2.24, 2.45) is 0 Å². The topological polar surface area (TPSA) is 76.6 Å². The van der Waals surface area contributed by atoms with Crippen LogP contribution in [0.4, 0.5) is 11.5 Å². The van der Waals surface area contributed by atoms with Crippen molar-refractivity contribution in [1.82, 2.24) is 30.0 Å². The van der Waals surface area contributed by atoms with Crippen molar-refractivity contribution in [3.63, 3.8) is 0 Å². The molecule has 0 spiro atoms. The van der Waals surface area contributed by atoms with Gasteiger partial charge < -0.3 is 19.4 Å². The molecule has 0 unspecified atom stereocenters. The number of piperazine rings is 2. The summed E-state index contributed by atoms with van der Waals surface area (Å²) in [5, 5.41) is 9.22. The standard InChI is InChI=1S/C25H35ClN8O/c1-4-20-23-24(30-29-20)27-17-28-25(23)34-11-9-33(10-12-34)21-15-19(26)16-22(18(21)2)35-14-13-32-7-5-31(3)6-8-32/h15-17H,4-14H2,1-3H3,(H,27,28,29,30). The van der Waals surface area contributed by atoms with Crippen LogP contribution in [0.1, 0.15) is 18.2 Å². The number of aromatic amines is 1. The Bertz CT molecular complexity index is 1150. The molecule has 1 N–H and O–H groups in total. The molecule has 1 aromatic carbocycles. The highest BCUT2D eigenvalue weighted by atomic mass is 35.5. The molecule has 2 aliphatic heterocycles. The van der Waals surface area contributed by atoms with Gasteiger partial charge in [-0.15, -0.1) is 0 Å². The maximum Gasteiger partial charge on any atom is 0.160 e. The summed E-state index contributed by atoms with van der Waals surface area (Å²) in [6.07, 6.45) is 2.47. The van der Waals surface area contributed by atoms with E-state index in [-0.39, 0.29) is 0 Å². The first-order valence-electron chi connectivity index (χ1n) is 12.5. The monoisotopic (exact) mass is 498 g/mol. The van der Waals surface area contributed by atoms with Crippen molar-refractivity contribution >= 4 is 34.1 Å². The maximum atomic E-state index is 6.54. The summed E-state index contributed by atoms with van der Waals surface area (Å²) in [5.41, 5.74) is 4.12. The molecule has 2 aliphatic rings. The van der Waals surface area contributed by atoms with Gasteiger partial charge in [-0.1, -0.05) is 18.5 Å². The highest BCUT2D eigenvalue weighted by Gasteiger charge is 2.24. The van der Waals surface area contributed by atoms with Gasteiger partial charge in [-0.2, -0.15) is 5.10 Å². The van der Waals surface area contributed by atoms with E-state index >= 15 is 0 Å². The molecule has 9 nitrogen and oxygen atoms in total. The van der Waals surface area contributed by atoms with Crippen LogP contribution in [0.25, 0.3) is 11.0 Å². The molecule has 2 aromatic heterocycles. The molecular formula is C25H35ClN8O. The van der Waals surface area contributed by atoms with Crippen molar-refractivity contribution in [3.8, 4) is 5.75 Å². The van der Waals surface area contributed by atoms with Crippen LogP contribution in [0, 0.1) is 6.92 Å². The zero-order chi connectivity index (χ0) is 24.4. The number of hydrogen-bond acceptors (Lipinski definition) is 8. The van der Waals surface area contributed by atoms with Gasteiger partial charge >= 0.3 is 0 Å². The Balaban J connectivity index is 1.24. The summed E-state index contributed by atoms with van der Waals surface area (Å²) in [4.78, 5) is 18.6. The van der Waals surface area contributed by atoms with E-state index in [1.165, 1.54) is 0 Å². The minimum absolute atomic E-state index is 0.673. The molecule has 35 heavy (non-hydrogen) atoms. The number of aryl methyl sites for hydroxylation is 1. The predicted molar refractivity (Wildman–Crippen MR) is 141 cm³/mol. The molecule has 3 aromatic rings. The van der Waals surface area contributed by atoms with Crippen LogP contribution >= 0.6 is 11.6 Å². The molecule has 2 saturated heterocycles. The number of nitrogens with zero attached hydrogens (tertiary/aromatic N) is 7. The van der Waals surface area contributed by atoms with Gasteiger partial charge in [0, 0.05) is 75.2 Å². The van der Waals surface area contributed by atoms with Gasteiger partial charge in [0.2, 0.25) is 0 Å². The van der Waals surface area contributed by atoms with Gasteiger partial charge in [0.15, 0.2) is 5.65 Å². The van der Waals surface area contributed by atoms with E-state index in [4.69, 9.17) is 16.3 Å². The van der Waals surface area contributed by atoms with Crippen LogP contribution < -0.4 is 14.5 Å². The van der Waals surface area contributed by atoms with E-state index in [9.17, 15) is 0 Å². The van der Waals surface area contributed by atoms with Crippen LogP contribution in [0.2, 0.25) is 5.02 Å². The van der Waals surface area contributed by atoms with Crippen molar-refractivity contribution < 1.29 is 4.74 Å². The number of likely N-dealkylation sites (N-methyl/N-ethyl adjacent to an activating group) is 1. The molecule has 188 valence electrons. The normalized spacial score (nSPS) is 17.9. The van der Waals surface area contributed by atoms with Gasteiger partial charge in [0.25, 0.3) is 0 Å². The highest BCUT2D eigenvalue weighted by molar-refractivity contribution is 6.31. The second-order valence-corrected chi connectivity index (χ2v) is 9.90. The fraction of sp³-hybridized carbons (Fsp3) is 0.560. The second-order valence-electron chi connectivity index (χ2n) is 9.46. The SMILES string of the molecule is CCc1n[nH]c2ncnc(N3CCN(c4cc(Cl)cc(OCCN5CCN(C)CC5)c4C)CC3)c12. The lowest BCUT2D eigenvalue weighted by molar-refractivity contribution is 0.133. The Morgan fingerprint density at radius 3 is 2.49 bits per heavy atom. The zero-order valence-corrected chi connectivity index (χ0v) is 21.7. The molecular weight excluding hydrogens is 464 g/mol. The van der Waals surface area contributed by atoms with Crippen LogP contribution in [-0.4, -0.2) is 103 Å². The van der Waals surface area contributed by atoms with E-state index < -0.39 is 0 Å². The average Bonchev–Trinajstić information content (AvgIpc) is 3.31. The predicted octanol–water partition coefficient (Wildman–Crippen LogP) is 2.83. The molecule has 0 atom stereocenters. The third-order valence-electron chi connectivity index (χ3n) is 7.23. The van der Waals surface area contributed by atoms with Crippen molar-refractivity contribution in [2.75, 3.05) is 82.4 Å². The molecule has 0 radical (unpaired) electrons. The molecule has 10 heteroatoms. The van der Waals surface area contributed by atoms with Crippen LogP contribution in [-0.2, 0) is 6.42 Å². The number of halogens is 1. The minimum Gasteiger partial charge on any atom is -0.492 e. The number of fused-ring (bicyclic) bond motifs is 1. The third kappa shape index (κ3) is 5.17. The lowest BCUT2D eigenvalue weighted by Crippen LogP contribution is -2.47. The van der Waals surface area contributed by atoms with E-state index in [1.54, 1.807) is 6.33 Å². The van der Waals surface area contributed by atoms with Crippen molar-refractivity contribution in [1.29, 1.82) is 0 Å². The number of nitrogens with one attached hydrogen (secondary N) is 1. The molecule has 0 bridgehead atoms. The molecule has 2 fully saturated rings. The van der Waals surface area contributed by atoms with Gasteiger partial charge in [-0.05, 0) is 32.5 Å².